The summed E-state index contributed by atoms with van der Waals surface area (Å²) in [7, 11) is 0. The van der Waals surface area contributed by atoms with Gasteiger partial charge in [0.1, 0.15) is 17.8 Å². The van der Waals surface area contributed by atoms with Crippen LogP contribution in [-0.4, -0.2) is 25.6 Å². The Morgan fingerprint density at radius 2 is 2.13 bits per heavy atom. The summed E-state index contributed by atoms with van der Waals surface area (Å²) in [5, 5.41) is 5.20. The molecule has 4 heterocycles. The monoisotopic (exact) mass is 436 g/mol. The Hall–Kier alpha value is -3.46. The summed E-state index contributed by atoms with van der Waals surface area (Å²) >= 11 is 1.39. The summed E-state index contributed by atoms with van der Waals surface area (Å²) in [5.41, 5.74) is 3.50. The minimum Gasteiger partial charge on any atom is -0.360 e. The molecule has 1 aliphatic rings. The first kappa shape index (κ1) is 20.8. The first-order valence-electron chi connectivity index (χ1n) is 9.42. The molecule has 0 aliphatic carbocycles. The zero-order valence-electron chi connectivity index (χ0n) is 16.3. The Labute approximate surface area is 182 Å². The fraction of sp³-hybridized carbons (Fsp3) is 0.227. The van der Waals surface area contributed by atoms with Gasteiger partial charge in [-0.15, -0.1) is 11.3 Å². The molecule has 7 nitrogen and oxygen atoms in total. The van der Waals surface area contributed by atoms with Crippen LogP contribution in [0.25, 0.3) is 16.1 Å². The second-order valence-corrected chi connectivity index (χ2v) is 7.92. The molecule has 0 unspecified atom stereocenters. The zero-order chi connectivity index (χ0) is 20.8. The van der Waals surface area contributed by atoms with E-state index >= 15 is 0 Å². The normalized spacial score (nSPS) is 13.1. The molecule has 5 rings (SSSR count). The standard InChI is InChI=1S/C21H17FN6OS.CH4/c1-11-9-30-21-27-17(12(2)26-19-18-15(6-7-23-18)24-10-25-19)16(20(29)28(11)21)13-4-3-5-14(22)8-13;/h3-5,7-10,12H,6H2,1-2H3,(H,24,25,26);1H4/t12-;/m0./s1. The van der Waals surface area contributed by atoms with E-state index in [9.17, 15) is 9.18 Å². The van der Waals surface area contributed by atoms with Crippen LogP contribution < -0.4 is 10.9 Å². The van der Waals surface area contributed by atoms with E-state index in [-0.39, 0.29) is 19.0 Å². The van der Waals surface area contributed by atoms with Gasteiger partial charge in [0, 0.05) is 23.7 Å². The van der Waals surface area contributed by atoms with Crippen molar-refractivity contribution in [3.05, 3.63) is 69.2 Å². The summed E-state index contributed by atoms with van der Waals surface area (Å²) in [6.07, 6.45) is 3.94. The molecule has 1 aromatic carbocycles. The number of rotatable bonds is 4. The molecule has 158 valence electrons. The Morgan fingerprint density at radius 3 is 2.94 bits per heavy atom. The fourth-order valence-corrected chi connectivity index (χ4v) is 4.49. The second-order valence-electron chi connectivity index (χ2n) is 7.08. The van der Waals surface area contributed by atoms with Crippen LogP contribution in [0.2, 0.25) is 0 Å². The maximum absolute atomic E-state index is 14.0. The molecule has 0 saturated carbocycles. The number of aliphatic imine (C=N–C) groups is 1. The Morgan fingerprint density at radius 1 is 1.29 bits per heavy atom. The van der Waals surface area contributed by atoms with Crippen molar-refractivity contribution in [2.75, 3.05) is 5.32 Å². The van der Waals surface area contributed by atoms with Crippen LogP contribution >= 0.6 is 11.3 Å². The molecule has 0 spiro atoms. The van der Waals surface area contributed by atoms with Gasteiger partial charge in [0.25, 0.3) is 5.56 Å². The van der Waals surface area contributed by atoms with E-state index in [2.05, 4.69) is 20.3 Å². The third kappa shape index (κ3) is 3.50. The number of aromatic nitrogens is 4. The second kappa shape index (κ2) is 7.99. The van der Waals surface area contributed by atoms with Crippen molar-refractivity contribution < 1.29 is 4.39 Å². The van der Waals surface area contributed by atoms with Gasteiger partial charge < -0.3 is 5.32 Å². The highest BCUT2D eigenvalue weighted by molar-refractivity contribution is 7.15. The van der Waals surface area contributed by atoms with E-state index in [0.29, 0.717) is 39.7 Å². The van der Waals surface area contributed by atoms with E-state index in [0.717, 1.165) is 11.4 Å². The van der Waals surface area contributed by atoms with Crippen LogP contribution in [0, 0.1) is 12.7 Å². The molecule has 0 amide bonds. The fourth-order valence-electron chi connectivity index (χ4n) is 3.63. The minimum absolute atomic E-state index is 0. The van der Waals surface area contributed by atoms with Crippen molar-refractivity contribution in [3.8, 4) is 11.1 Å². The first-order chi connectivity index (χ1) is 14.5. The third-order valence-electron chi connectivity index (χ3n) is 5.05. The maximum atomic E-state index is 14.0. The van der Waals surface area contributed by atoms with Crippen LogP contribution in [0.15, 0.2) is 45.8 Å². The molecule has 1 aliphatic heterocycles. The topological polar surface area (TPSA) is 84.5 Å². The SMILES string of the molecule is C.Cc1csc2nc([C@H](C)Nc3ncnc4c3N=CC4)c(-c3cccc(F)c3)c(=O)n12. The number of hydrogen-bond acceptors (Lipinski definition) is 7. The molecule has 1 atom stereocenters. The zero-order valence-corrected chi connectivity index (χ0v) is 17.1. The third-order valence-corrected chi connectivity index (χ3v) is 5.99. The Balaban J connectivity index is 0.00000231. The molecular weight excluding hydrogens is 415 g/mol. The number of anilines is 1. The number of benzene rings is 1. The van der Waals surface area contributed by atoms with Crippen molar-refractivity contribution in [1.29, 1.82) is 0 Å². The van der Waals surface area contributed by atoms with Gasteiger partial charge in [0.15, 0.2) is 10.8 Å². The molecule has 0 fully saturated rings. The summed E-state index contributed by atoms with van der Waals surface area (Å²) in [4.78, 5) is 31.7. The lowest BCUT2D eigenvalue weighted by Gasteiger charge is -2.18. The lowest BCUT2D eigenvalue weighted by molar-refractivity contribution is 0.628. The van der Waals surface area contributed by atoms with E-state index in [1.165, 1.54) is 29.8 Å². The van der Waals surface area contributed by atoms with Gasteiger partial charge in [-0.05, 0) is 31.5 Å². The van der Waals surface area contributed by atoms with Crippen LogP contribution in [-0.2, 0) is 6.42 Å². The molecule has 9 heteroatoms. The van der Waals surface area contributed by atoms with Crippen LogP contribution in [0.4, 0.5) is 15.9 Å². The van der Waals surface area contributed by atoms with Crippen molar-refractivity contribution >= 4 is 34.0 Å². The minimum atomic E-state index is -0.409. The largest absolute Gasteiger partial charge is 0.360 e. The van der Waals surface area contributed by atoms with Crippen LogP contribution in [0.1, 0.15) is 37.5 Å². The molecule has 0 bridgehead atoms. The number of hydrogen-bond donors (Lipinski definition) is 1. The smallest absolute Gasteiger partial charge is 0.266 e. The quantitative estimate of drug-likeness (QED) is 0.500. The number of aryl methyl sites for hydroxylation is 1. The van der Waals surface area contributed by atoms with Crippen molar-refractivity contribution in [1.82, 2.24) is 19.4 Å². The van der Waals surface area contributed by atoms with E-state index in [4.69, 9.17) is 4.98 Å². The molecular formula is C22H21FN6OS. The predicted octanol–water partition coefficient (Wildman–Crippen LogP) is 4.73. The summed E-state index contributed by atoms with van der Waals surface area (Å²) in [6.45, 7) is 3.75. The van der Waals surface area contributed by atoms with Gasteiger partial charge in [0.05, 0.1) is 23.0 Å². The highest BCUT2D eigenvalue weighted by atomic mass is 32.1. The average molecular weight is 437 g/mol. The van der Waals surface area contributed by atoms with E-state index < -0.39 is 5.82 Å². The Kier molecular flexibility index (Phi) is 5.36. The van der Waals surface area contributed by atoms with Gasteiger partial charge in [-0.1, -0.05) is 19.6 Å². The number of thiazole rings is 1. The summed E-state index contributed by atoms with van der Waals surface area (Å²) in [5.74, 6) is 0.171. The van der Waals surface area contributed by atoms with Crippen LogP contribution in [0.5, 0.6) is 0 Å². The van der Waals surface area contributed by atoms with Gasteiger partial charge in [-0.25, -0.2) is 19.3 Å². The van der Waals surface area contributed by atoms with Gasteiger partial charge >= 0.3 is 0 Å². The average Bonchev–Trinajstić information content (AvgIpc) is 3.35. The lowest BCUT2D eigenvalue weighted by Crippen LogP contribution is -2.23. The first-order valence-corrected chi connectivity index (χ1v) is 10.3. The van der Waals surface area contributed by atoms with Crippen LogP contribution in [0.3, 0.4) is 0 Å². The number of fused-ring (bicyclic) bond motifs is 2. The predicted molar refractivity (Wildman–Crippen MR) is 122 cm³/mol. The molecule has 0 radical (unpaired) electrons. The molecule has 0 saturated heterocycles. The van der Waals surface area contributed by atoms with Gasteiger partial charge in [-0.2, -0.15) is 0 Å². The van der Waals surface area contributed by atoms with Crippen molar-refractivity contribution in [2.45, 2.75) is 33.7 Å². The summed E-state index contributed by atoms with van der Waals surface area (Å²) < 4.78 is 15.5. The molecule has 4 aromatic rings. The van der Waals surface area contributed by atoms with Gasteiger partial charge in [-0.3, -0.25) is 14.2 Å². The maximum Gasteiger partial charge on any atom is 0.266 e. The highest BCUT2D eigenvalue weighted by Gasteiger charge is 2.23. The number of nitrogens with zero attached hydrogens (tertiary/aromatic N) is 5. The van der Waals surface area contributed by atoms with E-state index in [1.807, 2.05) is 19.2 Å². The van der Waals surface area contributed by atoms with E-state index in [1.54, 1.807) is 22.7 Å². The molecule has 31 heavy (non-hydrogen) atoms. The lowest BCUT2D eigenvalue weighted by atomic mass is 10.0. The highest BCUT2D eigenvalue weighted by Crippen LogP contribution is 2.33. The molecule has 3 aromatic heterocycles. The molecule has 1 N–H and O–H groups in total. The number of nitrogens with one attached hydrogen (secondary N) is 1. The summed E-state index contributed by atoms with van der Waals surface area (Å²) in [6, 6.07) is 5.64. The Bertz CT molecular complexity index is 1380. The number of halogens is 1. The van der Waals surface area contributed by atoms with Crippen molar-refractivity contribution in [3.63, 3.8) is 0 Å². The van der Waals surface area contributed by atoms with Crippen molar-refractivity contribution in [2.24, 2.45) is 4.99 Å². The van der Waals surface area contributed by atoms with Gasteiger partial charge in [0.2, 0.25) is 0 Å².